The van der Waals surface area contributed by atoms with Gasteiger partial charge in [-0.25, -0.2) is 4.79 Å². The smallest absolute Gasteiger partial charge is 0.334 e. The Morgan fingerprint density at radius 3 is 2.48 bits per heavy atom. The minimum absolute atomic E-state index is 0.0830. The van der Waals surface area contributed by atoms with E-state index in [-0.39, 0.29) is 24.0 Å². The fraction of sp³-hybridized carbons (Fsp3) is 0.545. The van der Waals surface area contributed by atoms with Crippen LogP contribution in [0.2, 0.25) is 0 Å². The molecule has 2 rings (SSSR count). The molecular formula is C22H30O5. The normalized spacial score (nSPS) is 30.3. The van der Waals surface area contributed by atoms with Crippen LogP contribution in [0.15, 0.2) is 47.1 Å². The van der Waals surface area contributed by atoms with E-state index in [4.69, 9.17) is 9.47 Å². The first-order chi connectivity index (χ1) is 12.7. The first-order valence-corrected chi connectivity index (χ1v) is 9.42. The lowest BCUT2D eigenvalue weighted by atomic mass is 9.88. The molecule has 0 radical (unpaired) electrons. The summed E-state index contributed by atoms with van der Waals surface area (Å²) in [6.07, 6.45) is 6.79. The standard InChI is InChI=1S/C22H30O5/c1-13-6-7-20-16(4)22(25)27-21(20)12-15(3)11-19(26-17(5)23)10-14(2)9-18(24)8-13/h8,10,12,18-21,24H,4,6-7,9,11H2,1-3,5H3. The second-order valence-corrected chi connectivity index (χ2v) is 7.70. The van der Waals surface area contributed by atoms with Gasteiger partial charge in [0, 0.05) is 24.8 Å². The predicted octanol–water partition coefficient (Wildman–Crippen LogP) is 3.79. The van der Waals surface area contributed by atoms with Gasteiger partial charge in [-0.3, -0.25) is 4.79 Å². The molecule has 2 aliphatic rings. The lowest BCUT2D eigenvalue weighted by molar-refractivity contribution is -0.144. The fourth-order valence-corrected chi connectivity index (χ4v) is 3.70. The molecule has 27 heavy (non-hydrogen) atoms. The molecule has 1 aliphatic carbocycles. The number of allylic oxidation sites excluding steroid dienone is 1. The summed E-state index contributed by atoms with van der Waals surface area (Å²) in [6.45, 7) is 11.1. The van der Waals surface area contributed by atoms with Gasteiger partial charge in [-0.1, -0.05) is 29.4 Å². The third-order valence-corrected chi connectivity index (χ3v) is 4.97. The van der Waals surface area contributed by atoms with Gasteiger partial charge in [0.2, 0.25) is 0 Å². The Kier molecular flexibility index (Phi) is 7.19. The molecular weight excluding hydrogens is 344 g/mol. The van der Waals surface area contributed by atoms with E-state index in [9.17, 15) is 14.7 Å². The molecule has 0 saturated carbocycles. The van der Waals surface area contributed by atoms with E-state index in [0.29, 0.717) is 18.4 Å². The van der Waals surface area contributed by atoms with Gasteiger partial charge in [0.25, 0.3) is 0 Å². The summed E-state index contributed by atoms with van der Waals surface area (Å²) in [6, 6.07) is 0. The number of hydrogen-bond acceptors (Lipinski definition) is 5. The Labute approximate surface area is 161 Å². The van der Waals surface area contributed by atoms with Crippen LogP contribution in [-0.2, 0) is 19.1 Å². The van der Waals surface area contributed by atoms with Crippen molar-refractivity contribution >= 4 is 11.9 Å². The number of rotatable bonds is 1. The molecule has 5 nitrogen and oxygen atoms in total. The van der Waals surface area contributed by atoms with E-state index in [1.54, 1.807) is 0 Å². The molecule has 1 saturated heterocycles. The van der Waals surface area contributed by atoms with Crippen molar-refractivity contribution in [3.8, 4) is 0 Å². The molecule has 1 aliphatic heterocycles. The summed E-state index contributed by atoms with van der Waals surface area (Å²) < 4.78 is 10.9. The molecule has 1 heterocycles. The van der Waals surface area contributed by atoms with E-state index in [1.807, 2.05) is 39.0 Å². The highest BCUT2D eigenvalue weighted by Crippen LogP contribution is 2.33. The summed E-state index contributed by atoms with van der Waals surface area (Å²) in [7, 11) is 0. The molecule has 148 valence electrons. The third kappa shape index (κ3) is 6.21. The van der Waals surface area contributed by atoms with Crippen molar-refractivity contribution in [3.05, 3.63) is 47.1 Å². The lowest BCUT2D eigenvalue weighted by Crippen LogP contribution is -2.18. The number of aliphatic hydroxyl groups is 1. The molecule has 0 aromatic heterocycles. The van der Waals surface area contributed by atoms with Crippen LogP contribution in [0.25, 0.3) is 0 Å². The van der Waals surface area contributed by atoms with Crippen LogP contribution >= 0.6 is 0 Å². The third-order valence-electron chi connectivity index (χ3n) is 4.97. The first kappa shape index (κ1) is 21.2. The number of aliphatic hydroxyl groups excluding tert-OH is 1. The average molecular weight is 374 g/mol. The molecule has 4 atom stereocenters. The largest absolute Gasteiger partial charge is 0.458 e. The molecule has 4 unspecified atom stereocenters. The van der Waals surface area contributed by atoms with Crippen molar-refractivity contribution in [2.24, 2.45) is 5.92 Å². The van der Waals surface area contributed by atoms with Crippen molar-refractivity contribution < 1.29 is 24.2 Å². The number of ether oxygens (including phenoxy) is 2. The summed E-state index contributed by atoms with van der Waals surface area (Å²) in [4.78, 5) is 23.5. The highest BCUT2D eigenvalue weighted by Gasteiger charge is 2.37. The predicted molar refractivity (Wildman–Crippen MR) is 104 cm³/mol. The number of fused-ring (bicyclic) bond motifs is 1. The van der Waals surface area contributed by atoms with Gasteiger partial charge in [0.1, 0.15) is 12.2 Å². The van der Waals surface area contributed by atoms with Crippen LogP contribution in [0.1, 0.15) is 53.4 Å². The SMILES string of the molecule is C=C1C(=O)OC2C=C(C)CC(OC(C)=O)C=C(C)CC(O)C=C(C)CCC12. The van der Waals surface area contributed by atoms with Crippen LogP contribution in [-0.4, -0.2) is 35.4 Å². The second kappa shape index (κ2) is 9.18. The van der Waals surface area contributed by atoms with E-state index >= 15 is 0 Å². The molecule has 0 amide bonds. The van der Waals surface area contributed by atoms with Gasteiger partial charge < -0.3 is 14.6 Å². The maximum Gasteiger partial charge on any atom is 0.334 e. The minimum Gasteiger partial charge on any atom is -0.458 e. The van der Waals surface area contributed by atoms with Crippen molar-refractivity contribution in [1.29, 1.82) is 0 Å². The minimum atomic E-state index is -0.598. The summed E-state index contributed by atoms with van der Waals surface area (Å²) in [5.74, 6) is -0.791. The van der Waals surface area contributed by atoms with Crippen molar-refractivity contribution in [1.82, 2.24) is 0 Å². The van der Waals surface area contributed by atoms with E-state index in [0.717, 1.165) is 29.6 Å². The van der Waals surface area contributed by atoms with Gasteiger partial charge in [0.15, 0.2) is 0 Å². The maximum absolute atomic E-state index is 12.0. The van der Waals surface area contributed by atoms with Crippen LogP contribution in [0.5, 0.6) is 0 Å². The molecule has 5 heteroatoms. The average Bonchev–Trinajstić information content (AvgIpc) is 2.77. The highest BCUT2D eigenvalue weighted by molar-refractivity contribution is 5.91. The van der Waals surface area contributed by atoms with E-state index in [2.05, 4.69) is 6.58 Å². The van der Waals surface area contributed by atoms with Gasteiger partial charge >= 0.3 is 11.9 Å². The fourth-order valence-electron chi connectivity index (χ4n) is 3.70. The van der Waals surface area contributed by atoms with E-state index < -0.39 is 12.2 Å². The monoisotopic (exact) mass is 374 g/mol. The maximum atomic E-state index is 12.0. The Bertz CT molecular complexity index is 697. The Morgan fingerprint density at radius 1 is 1.15 bits per heavy atom. The van der Waals surface area contributed by atoms with Crippen molar-refractivity contribution in [2.45, 2.75) is 71.7 Å². The van der Waals surface area contributed by atoms with Gasteiger partial charge in [-0.2, -0.15) is 0 Å². The summed E-state index contributed by atoms with van der Waals surface area (Å²) >= 11 is 0. The topological polar surface area (TPSA) is 72.8 Å². The highest BCUT2D eigenvalue weighted by atomic mass is 16.6. The van der Waals surface area contributed by atoms with Gasteiger partial charge in [-0.05, 0) is 52.2 Å². The lowest BCUT2D eigenvalue weighted by Gasteiger charge is -2.20. The van der Waals surface area contributed by atoms with Gasteiger partial charge in [-0.15, -0.1) is 0 Å². The zero-order valence-corrected chi connectivity index (χ0v) is 16.7. The zero-order chi connectivity index (χ0) is 20.1. The molecule has 0 spiro atoms. The Balaban J connectivity index is 2.35. The number of carbonyl (C=O) groups excluding carboxylic acids is 2. The Morgan fingerprint density at radius 2 is 1.81 bits per heavy atom. The quantitative estimate of drug-likeness (QED) is 0.429. The van der Waals surface area contributed by atoms with Crippen molar-refractivity contribution in [2.75, 3.05) is 0 Å². The zero-order valence-electron chi connectivity index (χ0n) is 16.7. The molecule has 0 bridgehead atoms. The molecule has 1 fully saturated rings. The summed E-state index contributed by atoms with van der Waals surface area (Å²) in [5, 5.41) is 10.3. The number of hydrogen-bond donors (Lipinski definition) is 1. The molecule has 0 aromatic carbocycles. The van der Waals surface area contributed by atoms with Crippen molar-refractivity contribution in [3.63, 3.8) is 0 Å². The van der Waals surface area contributed by atoms with Crippen LogP contribution in [0.3, 0.4) is 0 Å². The number of carbonyl (C=O) groups is 2. The Hall–Kier alpha value is -2.14. The van der Waals surface area contributed by atoms with Crippen LogP contribution < -0.4 is 0 Å². The van der Waals surface area contributed by atoms with Crippen LogP contribution in [0.4, 0.5) is 0 Å². The number of esters is 2. The first-order valence-electron chi connectivity index (χ1n) is 9.42. The molecule has 1 N–H and O–H groups in total. The van der Waals surface area contributed by atoms with E-state index in [1.165, 1.54) is 6.92 Å². The summed E-state index contributed by atoms with van der Waals surface area (Å²) in [5.41, 5.74) is 3.50. The second-order valence-electron chi connectivity index (χ2n) is 7.70. The molecule has 0 aromatic rings. The van der Waals surface area contributed by atoms with Crippen LogP contribution in [0, 0.1) is 5.92 Å². The van der Waals surface area contributed by atoms with Gasteiger partial charge in [0.05, 0.1) is 6.10 Å².